The third kappa shape index (κ3) is 4.06. The molecule has 0 bridgehead atoms. The van der Waals surface area contributed by atoms with Gasteiger partial charge in [0.2, 0.25) is 0 Å². The zero-order valence-electron chi connectivity index (χ0n) is 19.0. The lowest BCUT2D eigenvalue weighted by atomic mass is 10.1. The van der Waals surface area contributed by atoms with Crippen molar-refractivity contribution in [1.29, 1.82) is 0 Å². The van der Waals surface area contributed by atoms with Gasteiger partial charge in [0.25, 0.3) is 0 Å². The molecule has 164 valence electrons. The predicted molar refractivity (Wildman–Crippen MR) is 121 cm³/mol. The van der Waals surface area contributed by atoms with Crippen LogP contribution >= 0.6 is 0 Å². The number of hydrogen-bond donors (Lipinski definition) is 0. The van der Waals surface area contributed by atoms with Crippen molar-refractivity contribution in [2.75, 3.05) is 18.0 Å². The molecule has 0 unspecified atom stereocenters. The minimum atomic E-state index is -0.512. The molecule has 4 heterocycles. The van der Waals surface area contributed by atoms with Crippen molar-refractivity contribution in [3.63, 3.8) is 0 Å². The number of fused-ring (bicyclic) bond motifs is 1. The Labute approximate surface area is 182 Å². The van der Waals surface area contributed by atoms with E-state index in [2.05, 4.69) is 39.9 Å². The van der Waals surface area contributed by atoms with Gasteiger partial charge in [-0.1, -0.05) is 6.07 Å². The number of amides is 1. The monoisotopic (exact) mass is 422 g/mol. The molecular weight excluding hydrogens is 392 g/mol. The lowest BCUT2D eigenvalue weighted by Gasteiger charge is -2.44. The average molecular weight is 423 g/mol. The maximum atomic E-state index is 12.7. The fourth-order valence-corrected chi connectivity index (χ4v) is 4.11. The van der Waals surface area contributed by atoms with Gasteiger partial charge in [-0.3, -0.25) is 4.57 Å². The maximum absolute atomic E-state index is 12.7. The normalized spacial score (nSPS) is 19.7. The van der Waals surface area contributed by atoms with Crippen LogP contribution in [0.3, 0.4) is 0 Å². The SMILES string of the molecule is Cc1cn(-c2ccccn2)c2ncnc(N3C[C@@H](C)N(C(=O)OC(C)(C)C)C[C@@H]3C)c12. The number of piperazine rings is 1. The van der Waals surface area contributed by atoms with Crippen LogP contribution in [0, 0.1) is 6.92 Å². The molecule has 0 radical (unpaired) electrons. The van der Waals surface area contributed by atoms with Crippen LogP contribution in [0.15, 0.2) is 36.9 Å². The van der Waals surface area contributed by atoms with E-state index in [1.54, 1.807) is 12.5 Å². The molecule has 0 saturated carbocycles. The van der Waals surface area contributed by atoms with Gasteiger partial charge in [0.1, 0.15) is 23.6 Å². The molecule has 0 spiro atoms. The van der Waals surface area contributed by atoms with E-state index in [-0.39, 0.29) is 18.2 Å². The van der Waals surface area contributed by atoms with Crippen molar-refractivity contribution in [3.05, 3.63) is 42.5 Å². The number of pyridine rings is 1. The van der Waals surface area contributed by atoms with Gasteiger partial charge in [0.05, 0.1) is 5.39 Å². The highest BCUT2D eigenvalue weighted by Crippen LogP contribution is 2.32. The third-order valence-electron chi connectivity index (χ3n) is 5.53. The van der Waals surface area contributed by atoms with Crippen molar-refractivity contribution in [2.45, 2.75) is 59.2 Å². The molecule has 1 saturated heterocycles. The zero-order valence-corrected chi connectivity index (χ0v) is 19.0. The highest BCUT2D eigenvalue weighted by molar-refractivity contribution is 5.92. The molecule has 1 fully saturated rings. The van der Waals surface area contributed by atoms with Crippen molar-refractivity contribution in [3.8, 4) is 5.82 Å². The van der Waals surface area contributed by atoms with E-state index in [9.17, 15) is 4.79 Å². The van der Waals surface area contributed by atoms with Crippen LogP contribution in [0.25, 0.3) is 16.9 Å². The van der Waals surface area contributed by atoms with E-state index in [4.69, 9.17) is 4.74 Å². The van der Waals surface area contributed by atoms with Gasteiger partial charge >= 0.3 is 6.09 Å². The van der Waals surface area contributed by atoms with E-state index in [1.165, 1.54) is 0 Å². The lowest BCUT2D eigenvalue weighted by molar-refractivity contribution is 0.0130. The smallest absolute Gasteiger partial charge is 0.410 e. The first-order valence-corrected chi connectivity index (χ1v) is 10.7. The number of carbonyl (C=O) groups is 1. The molecule has 8 nitrogen and oxygen atoms in total. The molecule has 0 aromatic carbocycles. The number of ether oxygens (including phenoxy) is 1. The Kier molecular flexibility index (Phi) is 5.33. The van der Waals surface area contributed by atoms with Crippen molar-refractivity contribution in [2.24, 2.45) is 0 Å². The predicted octanol–water partition coefficient (Wildman–Crippen LogP) is 3.96. The van der Waals surface area contributed by atoms with E-state index < -0.39 is 5.60 Å². The van der Waals surface area contributed by atoms with E-state index in [0.29, 0.717) is 13.1 Å². The van der Waals surface area contributed by atoms with E-state index in [1.807, 2.05) is 55.4 Å². The molecule has 4 rings (SSSR count). The van der Waals surface area contributed by atoms with Crippen molar-refractivity contribution in [1.82, 2.24) is 24.4 Å². The van der Waals surface area contributed by atoms with Gasteiger partial charge in [-0.2, -0.15) is 0 Å². The summed E-state index contributed by atoms with van der Waals surface area (Å²) in [4.78, 5) is 30.5. The molecule has 2 atom stereocenters. The van der Waals surface area contributed by atoms with Crippen LogP contribution < -0.4 is 4.90 Å². The largest absolute Gasteiger partial charge is 0.444 e. The third-order valence-corrected chi connectivity index (χ3v) is 5.53. The highest BCUT2D eigenvalue weighted by Gasteiger charge is 2.36. The molecule has 3 aromatic rings. The number of hydrogen-bond acceptors (Lipinski definition) is 6. The minimum Gasteiger partial charge on any atom is -0.444 e. The zero-order chi connectivity index (χ0) is 22.3. The number of nitrogens with zero attached hydrogens (tertiary/aromatic N) is 6. The fraction of sp³-hybridized carbons (Fsp3) is 0.478. The lowest BCUT2D eigenvalue weighted by Crippen LogP contribution is -2.59. The molecule has 1 aliphatic rings. The quantitative estimate of drug-likeness (QED) is 0.622. The number of aromatic nitrogens is 4. The first-order chi connectivity index (χ1) is 14.7. The Morgan fingerprint density at radius 3 is 2.55 bits per heavy atom. The van der Waals surface area contributed by atoms with Crippen LogP contribution in [0.5, 0.6) is 0 Å². The molecular formula is C23H30N6O2. The second-order valence-electron chi connectivity index (χ2n) is 9.25. The number of rotatable bonds is 2. The van der Waals surface area contributed by atoms with Gasteiger partial charge < -0.3 is 14.5 Å². The summed E-state index contributed by atoms with van der Waals surface area (Å²) in [6, 6.07) is 5.90. The Bertz CT molecular complexity index is 1090. The Hall–Kier alpha value is -3.16. The Balaban J connectivity index is 1.67. The molecule has 8 heteroatoms. The fourth-order valence-electron chi connectivity index (χ4n) is 4.11. The summed E-state index contributed by atoms with van der Waals surface area (Å²) in [7, 11) is 0. The molecule has 31 heavy (non-hydrogen) atoms. The minimum absolute atomic E-state index is 0.00533. The molecule has 0 N–H and O–H groups in total. The van der Waals surface area contributed by atoms with Crippen LogP contribution in [-0.4, -0.2) is 61.3 Å². The molecule has 3 aromatic heterocycles. The Morgan fingerprint density at radius 2 is 1.87 bits per heavy atom. The van der Waals surface area contributed by atoms with Crippen LogP contribution in [0.2, 0.25) is 0 Å². The summed E-state index contributed by atoms with van der Waals surface area (Å²) in [5.74, 6) is 1.71. The highest BCUT2D eigenvalue weighted by atomic mass is 16.6. The summed E-state index contributed by atoms with van der Waals surface area (Å²) in [6.45, 7) is 13.1. The molecule has 0 aliphatic carbocycles. The van der Waals surface area contributed by atoms with Crippen LogP contribution in [0.4, 0.5) is 10.6 Å². The van der Waals surface area contributed by atoms with E-state index in [0.717, 1.165) is 28.2 Å². The average Bonchev–Trinajstić information content (AvgIpc) is 3.06. The summed E-state index contributed by atoms with van der Waals surface area (Å²) in [5.41, 5.74) is 1.41. The second-order valence-corrected chi connectivity index (χ2v) is 9.25. The van der Waals surface area contributed by atoms with Gasteiger partial charge in [0, 0.05) is 37.6 Å². The standard InChI is InChI=1S/C23H30N6O2/c1-15-11-29(18-9-7-8-10-24-18)21-19(15)20(25-14-26-21)27-12-17(3)28(13-16(27)2)22(30)31-23(4,5)6/h7-11,14,16-17H,12-13H2,1-6H3/t16-,17+/m0/s1. The van der Waals surface area contributed by atoms with Crippen LogP contribution in [-0.2, 0) is 4.74 Å². The first kappa shape index (κ1) is 21.1. The van der Waals surface area contributed by atoms with Gasteiger partial charge in [0.15, 0.2) is 5.65 Å². The number of aryl methyl sites for hydroxylation is 1. The van der Waals surface area contributed by atoms with Crippen LogP contribution in [0.1, 0.15) is 40.2 Å². The first-order valence-electron chi connectivity index (χ1n) is 10.7. The van der Waals surface area contributed by atoms with Gasteiger partial charge in [-0.15, -0.1) is 0 Å². The van der Waals surface area contributed by atoms with Crippen molar-refractivity contribution >= 4 is 22.9 Å². The summed E-state index contributed by atoms with van der Waals surface area (Å²) < 4.78 is 7.61. The van der Waals surface area contributed by atoms with Gasteiger partial charge in [-0.05, 0) is 59.2 Å². The summed E-state index contributed by atoms with van der Waals surface area (Å²) in [5, 5.41) is 1.01. The molecule has 1 aliphatic heterocycles. The maximum Gasteiger partial charge on any atom is 0.410 e. The Morgan fingerprint density at radius 1 is 1.10 bits per heavy atom. The number of carbonyl (C=O) groups excluding carboxylic acids is 1. The van der Waals surface area contributed by atoms with Crippen molar-refractivity contribution < 1.29 is 9.53 Å². The topological polar surface area (TPSA) is 76.4 Å². The second kappa shape index (κ2) is 7.83. The number of anilines is 1. The summed E-state index contributed by atoms with van der Waals surface area (Å²) in [6.07, 6.45) is 5.17. The van der Waals surface area contributed by atoms with E-state index >= 15 is 0 Å². The van der Waals surface area contributed by atoms with Gasteiger partial charge in [-0.25, -0.2) is 19.7 Å². The molecule has 1 amide bonds. The summed E-state index contributed by atoms with van der Waals surface area (Å²) >= 11 is 0.